The van der Waals surface area contributed by atoms with Crippen LogP contribution in [0.3, 0.4) is 0 Å². The monoisotopic (exact) mass is 410 g/mol. The number of carbonyl (C=O) groups excluding carboxylic acids is 1. The number of rotatable bonds is 5. The highest BCUT2D eigenvalue weighted by atomic mass is 32.1. The molecule has 5 rings (SSSR count). The van der Waals surface area contributed by atoms with E-state index in [1.807, 2.05) is 42.9 Å². The van der Waals surface area contributed by atoms with Crippen LogP contribution in [-0.2, 0) is 0 Å². The van der Waals surface area contributed by atoms with Crippen molar-refractivity contribution in [1.82, 2.24) is 9.55 Å². The van der Waals surface area contributed by atoms with E-state index in [1.165, 1.54) is 26.5 Å². The summed E-state index contributed by atoms with van der Waals surface area (Å²) in [6, 6.07) is 22.6. The summed E-state index contributed by atoms with van der Waals surface area (Å²) in [5, 5.41) is 0. The standard InChI is InChI=1S/C26H22N2OS/c1-17-8-13-25(30-17)20-11-9-19(10-12-20)24(29)14-22-26(21-6-4-3-5-7-21)18(2)23-15-27-16-28(22)23/h3-13,15-16,22H,14H2,1-2H3. The number of aromatic nitrogens is 2. The van der Waals surface area contributed by atoms with Crippen molar-refractivity contribution in [3.8, 4) is 10.4 Å². The molecular formula is C26H22N2OS. The second kappa shape index (κ2) is 7.54. The van der Waals surface area contributed by atoms with Crippen LogP contribution in [0.4, 0.5) is 0 Å². The molecule has 30 heavy (non-hydrogen) atoms. The molecular weight excluding hydrogens is 388 g/mol. The SMILES string of the molecule is CC1=C(c2ccccc2)C(CC(=O)c2ccc(-c3ccc(C)s3)cc2)n2cncc21. The molecule has 0 saturated heterocycles. The fourth-order valence-corrected chi connectivity index (χ4v) is 5.17. The van der Waals surface area contributed by atoms with Gasteiger partial charge in [-0.15, -0.1) is 11.3 Å². The van der Waals surface area contributed by atoms with Crippen LogP contribution in [0.15, 0.2) is 79.3 Å². The maximum absolute atomic E-state index is 13.2. The lowest BCUT2D eigenvalue weighted by molar-refractivity contribution is 0.0972. The Morgan fingerprint density at radius 3 is 2.43 bits per heavy atom. The first-order valence-corrected chi connectivity index (χ1v) is 10.9. The Bertz CT molecular complexity index is 1250. The molecule has 2 aromatic carbocycles. The number of fused-ring (bicyclic) bond motifs is 1. The van der Waals surface area contributed by atoms with Crippen LogP contribution in [0.25, 0.3) is 21.6 Å². The van der Waals surface area contributed by atoms with E-state index in [0.717, 1.165) is 16.8 Å². The molecule has 4 aromatic rings. The molecule has 2 aromatic heterocycles. The van der Waals surface area contributed by atoms with E-state index in [-0.39, 0.29) is 11.8 Å². The van der Waals surface area contributed by atoms with Crippen molar-refractivity contribution < 1.29 is 4.79 Å². The van der Waals surface area contributed by atoms with E-state index in [4.69, 9.17) is 0 Å². The summed E-state index contributed by atoms with van der Waals surface area (Å²) in [6.07, 6.45) is 4.15. The Morgan fingerprint density at radius 1 is 0.967 bits per heavy atom. The molecule has 0 amide bonds. The van der Waals surface area contributed by atoms with Gasteiger partial charge in [0.05, 0.1) is 24.3 Å². The second-order valence-electron chi connectivity index (χ2n) is 7.72. The lowest BCUT2D eigenvalue weighted by atomic mass is 9.91. The molecule has 0 fully saturated rings. The summed E-state index contributed by atoms with van der Waals surface area (Å²) >= 11 is 1.77. The summed E-state index contributed by atoms with van der Waals surface area (Å²) in [7, 11) is 0. The molecule has 0 saturated carbocycles. The van der Waals surface area contributed by atoms with Crippen LogP contribution in [0.2, 0.25) is 0 Å². The average Bonchev–Trinajstić information content (AvgIpc) is 3.48. The van der Waals surface area contributed by atoms with E-state index in [9.17, 15) is 4.79 Å². The molecule has 1 aliphatic heterocycles. The molecule has 4 heteroatoms. The summed E-state index contributed by atoms with van der Waals surface area (Å²) in [5.41, 5.74) is 6.58. The van der Waals surface area contributed by atoms with E-state index in [0.29, 0.717) is 6.42 Å². The predicted octanol–water partition coefficient (Wildman–Crippen LogP) is 6.68. The van der Waals surface area contributed by atoms with Crippen molar-refractivity contribution >= 4 is 28.3 Å². The van der Waals surface area contributed by atoms with Gasteiger partial charge in [-0.3, -0.25) is 4.79 Å². The smallest absolute Gasteiger partial charge is 0.165 e. The van der Waals surface area contributed by atoms with E-state index < -0.39 is 0 Å². The number of ketones is 1. The minimum atomic E-state index is -0.0305. The highest BCUT2D eigenvalue weighted by molar-refractivity contribution is 7.15. The van der Waals surface area contributed by atoms with Crippen LogP contribution in [-0.4, -0.2) is 15.3 Å². The van der Waals surface area contributed by atoms with Gasteiger partial charge in [0, 0.05) is 21.7 Å². The molecule has 0 spiro atoms. The van der Waals surface area contributed by atoms with Crippen LogP contribution in [0.5, 0.6) is 0 Å². The van der Waals surface area contributed by atoms with Gasteiger partial charge in [-0.1, -0.05) is 54.6 Å². The fraction of sp³-hybridized carbons (Fsp3) is 0.154. The zero-order valence-electron chi connectivity index (χ0n) is 17.0. The number of nitrogens with zero attached hydrogens (tertiary/aromatic N) is 2. The maximum Gasteiger partial charge on any atom is 0.165 e. The summed E-state index contributed by atoms with van der Waals surface area (Å²) in [5.74, 6) is 0.150. The minimum absolute atomic E-state index is 0.0305. The third kappa shape index (κ3) is 3.23. The number of hydrogen-bond acceptors (Lipinski definition) is 3. The van der Waals surface area contributed by atoms with Gasteiger partial charge in [0.1, 0.15) is 0 Å². The van der Waals surface area contributed by atoms with Crippen molar-refractivity contribution in [2.24, 2.45) is 0 Å². The van der Waals surface area contributed by atoms with Crippen molar-refractivity contribution in [2.45, 2.75) is 26.3 Å². The fourth-order valence-electron chi connectivity index (χ4n) is 4.30. The molecule has 0 bridgehead atoms. The average molecular weight is 411 g/mol. The zero-order chi connectivity index (χ0) is 20.7. The third-order valence-electron chi connectivity index (χ3n) is 5.82. The number of benzene rings is 2. The third-order valence-corrected chi connectivity index (χ3v) is 6.87. The summed E-state index contributed by atoms with van der Waals surface area (Å²) in [6.45, 7) is 4.23. The van der Waals surface area contributed by atoms with Gasteiger partial charge >= 0.3 is 0 Å². The number of thiophene rings is 1. The molecule has 0 radical (unpaired) electrons. The van der Waals surface area contributed by atoms with Crippen molar-refractivity contribution in [3.63, 3.8) is 0 Å². The molecule has 3 nitrogen and oxygen atoms in total. The number of Topliss-reactive ketones (excluding diaryl/α,β-unsaturated/α-hetero) is 1. The maximum atomic E-state index is 13.2. The van der Waals surface area contributed by atoms with Gasteiger partial charge in [0.25, 0.3) is 0 Å². The summed E-state index contributed by atoms with van der Waals surface area (Å²) < 4.78 is 2.14. The van der Waals surface area contributed by atoms with Crippen LogP contribution in [0.1, 0.15) is 45.9 Å². The second-order valence-corrected chi connectivity index (χ2v) is 9.01. The van der Waals surface area contributed by atoms with Crippen LogP contribution in [0, 0.1) is 6.92 Å². The molecule has 148 valence electrons. The number of aryl methyl sites for hydroxylation is 1. The van der Waals surface area contributed by atoms with E-state index >= 15 is 0 Å². The van der Waals surface area contributed by atoms with Crippen molar-refractivity contribution in [2.75, 3.05) is 0 Å². The van der Waals surface area contributed by atoms with Crippen LogP contribution < -0.4 is 0 Å². The highest BCUT2D eigenvalue weighted by Crippen LogP contribution is 2.44. The summed E-state index contributed by atoms with van der Waals surface area (Å²) in [4.78, 5) is 20.1. The van der Waals surface area contributed by atoms with Gasteiger partial charge in [-0.25, -0.2) is 4.98 Å². The first-order chi connectivity index (χ1) is 14.6. The number of allylic oxidation sites excluding steroid dienone is 2. The lowest BCUT2D eigenvalue weighted by Gasteiger charge is -2.18. The number of imidazole rings is 1. The Morgan fingerprint density at radius 2 is 1.73 bits per heavy atom. The number of carbonyl (C=O) groups is 1. The normalized spacial score (nSPS) is 15.5. The molecule has 1 atom stereocenters. The van der Waals surface area contributed by atoms with Crippen LogP contribution >= 0.6 is 11.3 Å². The van der Waals surface area contributed by atoms with E-state index in [1.54, 1.807) is 11.3 Å². The van der Waals surface area contributed by atoms with Gasteiger partial charge < -0.3 is 4.57 Å². The highest BCUT2D eigenvalue weighted by Gasteiger charge is 2.31. The molecule has 3 heterocycles. The predicted molar refractivity (Wildman–Crippen MR) is 124 cm³/mol. The molecule has 1 unspecified atom stereocenters. The van der Waals surface area contributed by atoms with Gasteiger partial charge in [-0.2, -0.15) is 0 Å². The topological polar surface area (TPSA) is 34.9 Å². The largest absolute Gasteiger partial charge is 0.323 e. The molecule has 0 aliphatic carbocycles. The van der Waals surface area contributed by atoms with E-state index in [2.05, 4.69) is 59.8 Å². The Balaban J connectivity index is 1.43. The zero-order valence-corrected chi connectivity index (χ0v) is 17.8. The van der Waals surface area contributed by atoms with Crippen molar-refractivity contribution in [3.05, 3.63) is 101 Å². The first kappa shape index (κ1) is 18.8. The van der Waals surface area contributed by atoms with Gasteiger partial charge in [-0.05, 0) is 48.3 Å². The molecule has 1 aliphatic rings. The first-order valence-electron chi connectivity index (χ1n) is 10.1. The Hall–Kier alpha value is -3.24. The Kier molecular flexibility index (Phi) is 4.72. The molecule has 0 N–H and O–H groups in total. The lowest BCUT2D eigenvalue weighted by Crippen LogP contribution is -2.13. The quantitative estimate of drug-likeness (QED) is 0.344. The van der Waals surface area contributed by atoms with Gasteiger partial charge in [0.2, 0.25) is 0 Å². The Labute approximate surface area is 180 Å². The van der Waals surface area contributed by atoms with Gasteiger partial charge in [0.15, 0.2) is 5.78 Å². The number of hydrogen-bond donors (Lipinski definition) is 0. The van der Waals surface area contributed by atoms with Crippen molar-refractivity contribution in [1.29, 1.82) is 0 Å². The minimum Gasteiger partial charge on any atom is -0.323 e.